The zero-order chi connectivity index (χ0) is 10.9. The normalized spacial score (nSPS) is 10.6. The van der Waals surface area contributed by atoms with Gasteiger partial charge in [0.2, 0.25) is 0 Å². The molecule has 4 nitrogen and oxygen atoms in total. The maximum absolute atomic E-state index is 12.9. The molecular formula is C7H6F3N3O. The largest absolute Gasteiger partial charge is 0.384 e. The van der Waals surface area contributed by atoms with Crippen LogP contribution in [0.25, 0.3) is 0 Å². The minimum Gasteiger partial charge on any atom is -0.384 e. The molecule has 0 fully saturated rings. The smallest absolute Gasteiger partial charge is 0.268 e. The molecule has 0 saturated heterocycles. The van der Waals surface area contributed by atoms with E-state index in [1.54, 1.807) is 0 Å². The molecule has 4 N–H and O–H groups in total. The van der Waals surface area contributed by atoms with Gasteiger partial charge in [-0.2, -0.15) is 0 Å². The van der Waals surface area contributed by atoms with Gasteiger partial charge in [0.1, 0.15) is 17.3 Å². The molecule has 0 aliphatic heterocycles. The molecule has 1 aromatic heterocycles. The molecule has 7 heteroatoms. The first-order valence-electron chi connectivity index (χ1n) is 3.47. The van der Waals surface area contributed by atoms with Gasteiger partial charge in [0.25, 0.3) is 12.3 Å². The number of carbonyl (C=O) groups excluding carboxylic acids is 1. The fraction of sp³-hybridized carbons (Fsp3) is 0.143. The Bertz CT molecular complexity index is 381. The Kier molecular flexibility index (Phi) is 2.59. The lowest BCUT2D eigenvalue weighted by Gasteiger charge is -2.06. The second kappa shape index (κ2) is 3.52. The molecule has 1 heterocycles. The summed E-state index contributed by atoms with van der Waals surface area (Å²) in [6.07, 6.45) is -3.16. The van der Waals surface area contributed by atoms with Crippen LogP contribution in [-0.2, 0) is 0 Å². The molecule has 0 aliphatic carbocycles. The average Bonchev–Trinajstić information content (AvgIpc) is 2.01. The maximum atomic E-state index is 12.9. The van der Waals surface area contributed by atoms with Crippen LogP contribution in [0.5, 0.6) is 0 Å². The van der Waals surface area contributed by atoms with Crippen LogP contribution in [0.15, 0.2) is 6.07 Å². The molecule has 76 valence electrons. The van der Waals surface area contributed by atoms with Gasteiger partial charge in [-0.15, -0.1) is 0 Å². The van der Waals surface area contributed by atoms with Crippen LogP contribution < -0.4 is 11.5 Å². The quantitative estimate of drug-likeness (QED) is 0.750. The van der Waals surface area contributed by atoms with E-state index in [0.717, 1.165) is 0 Å². The lowest BCUT2D eigenvalue weighted by atomic mass is 10.1. The van der Waals surface area contributed by atoms with Gasteiger partial charge in [-0.05, 0) is 0 Å². The van der Waals surface area contributed by atoms with Crippen molar-refractivity contribution >= 4 is 11.7 Å². The fourth-order valence-corrected chi connectivity index (χ4v) is 0.938. The van der Waals surface area contributed by atoms with E-state index in [0.29, 0.717) is 6.07 Å². The monoisotopic (exact) mass is 205 g/mol. The number of rotatable bonds is 2. The van der Waals surface area contributed by atoms with Crippen LogP contribution in [0.3, 0.4) is 0 Å². The lowest BCUT2D eigenvalue weighted by Crippen LogP contribution is -2.18. The number of primary amides is 1. The highest BCUT2D eigenvalue weighted by Crippen LogP contribution is 2.25. The number of halogens is 3. The topological polar surface area (TPSA) is 82.0 Å². The van der Waals surface area contributed by atoms with Crippen molar-refractivity contribution in [3.8, 4) is 0 Å². The highest BCUT2D eigenvalue weighted by molar-refractivity contribution is 5.92. The number of aromatic nitrogens is 1. The summed E-state index contributed by atoms with van der Waals surface area (Å²) in [6, 6.07) is 0.605. The molecule has 0 aromatic carbocycles. The first-order valence-corrected chi connectivity index (χ1v) is 3.47. The van der Waals surface area contributed by atoms with Crippen molar-refractivity contribution < 1.29 is 18.0 Å². The Labute approximate surface area is 76.7 Å². The Hall–Kier alpha value is -1.79. The number of alkyl halides is 2. The molecule has 1 rings (SSSR count). The highest BCUT2D eigenvalue weighted by atomic mass is 19.3. The molecule has 1 amide bonds. The third-order valence-corrected chi connectivity index (χ3v) is 1.48. The average molecular weight is 205 g/mol. The fourth-order valence-electron chi connectivity index (χ4n) is 0.938. The van der Waals surface area contributed by atoms with E-state index in [-0.39, 0.29) is 5.82 Å². The summed E-state index contributed by atoms with van der Waals surface area (Å²) in [6.45, 7) is 0. The van der Waals surface area contributed by atoms with Crippen molar-refractivity contribution in [2.45, 2.75) is 6.43 Å². The highest BCUT2D eigenvalue weighted by Gasteiger charge is 2.23. The van der Waals surface area contributed by atoms with Gasteiger partial charge in [-0.25, -0.2) is 18.2 Å². The van der Waals surface area contributed by atoms with Crippen molar-refractivity contribution in [1.82, 2.24) is 4.98 Å². The van der Waals surface area contributed by atoms with Gasteiger partial charge in [0, 0.05) is 6.07 Å². The summed E-state index contributed by atoms with van der Waals surface area (Å²) < 4.78 is 37.4. The Morgan fingerprint density at radius 3 is 2.50 bits per heavy atom. The summed E-state index contributed by atoms with van der Waals surface area (Å²) >= 11 is 0. The van der Waals surface area contributed by atoms with E-state index in [2.05, 4.69) is 4.98 Å². The molecule has 0 bridgehead atoms. The Balaban J connectivity index is 3.44. The van der Waals surface area contributed by atoms with Gasteiger partial charge in [-0.3, -0.25) is 4.79 Å². The molecular weight excluding hydrogens is 199 g/mol. The van der Waals surface area contributed by atoms with E-state index in [4.69, 9.17) is 11.5 Å². The summed E-state index contributed by atoms with van der Waals surface area (Å²) in [5.41, 5.74) is 7.84. The van der Waals surface area contributed by atoms with E-state index in [1.807, 2.05) is 0 Å². The molecule has 0 saturated carbocycles. The van der Waals surface area contributed by atoms with Gasteiger partial charge >= 0.3 is 0 Å². The second-order valence-electron chi connectivity index (χ2n) is 2.46. The lowest BCUT2D eigenvalue weighted by molar-refractivity contribution is 0.0976. The van der Waals surface area contributed by atoms with Gasteiger partial charge in [0.15, 0.2) is 0 Å². The molecule has 0 spiro atoms. The third kappa shape index (κ3) is 1.76. The predicted octanol–water partition coefficient (Wildman–Crippen LogP) is 0.839. The predicted molar refractivity (Wildman–Crippen MR) is 42.1 cm³/mol. The number of pyridine rings is 1. The Morgan fingerprint density at radius 1 is 1.50 bits per heavy atom. The zero-order valence-corrected chi connectivity index (χ0v) is 6.80. The standard InChI is InChI=1S/C7H6F3N3O/c8-2-1-3(11)13-5(7(12)14)4(2)6(9)10/h1,6H,(H2,11,13)(H2,12,14). The first kappa shape index (κ1) is 10.3. The van der Waals surface area contributed by atoms with Crippen molar-refractivity contribution in [1.29, 1.82) is 0 Å². The number of anilines is 1. The summed E-state index contributed by atoms with van der Waals surface area (Å²) in [5, 5.41) is 0. The van der Waals surface area contributed by atoms with E-state index in [1.165, 1.54) is 0 Å². The number of carbonyl (C=O) groups is 1. The molecule has 0 radical (unpaired) electrons. The zero-order valence-electron chi connectivity index (χ0n) is 6.80. The minimum absolute atomic E-state index is 0.374. The number of nitrogens with zero attached hydrogens (tertiary/aromatic N) is 1. The van der Waals surface area contributed by atoms with Gasteiger partial charge in [-0.1, -0.05) is 0 Å². The Morgan fingerprint density at radius 2 is 2.07 bits per heavy atom. The van der Waals surface area contributed by atoms with Crippen molar-refractivity contribution in [2.24, 2.45) is 5.73 Å². The number of amides is 1. The number of nitrogen functional groups attached to an aromatic ring is 1. The van der Waals surface area contributed by atoms with Crippen molar-refractivity contribution in [2.75, 3.05) is 5.73 Å². The van der Waals surface area contributed by atoms with Crippen LogP contribution in [0, 0.1) is 5.82 Å². The van der Waals surface area contributed by atoms with E-state index in [9.17, 15) is 18.0 Å². The van der Waals surface area contributed by atoms with E-state index < -0.39 is 29.4 Å². The maximum Gasteiger partial charge on any atom is 0.268 e. The second-order valence-corrected chi connectivity index (χ2v) is 2.46. The summed E-state index contributed by atoms with van der Waals surface area (Å²) in [7, 11) is 0. The molecule has 0 aliphatic rings. The summed E-state index contributed by atoms with van der Waals surface area (Å²) in [5.74, 6) is -2.91. The molecule has 0 atom stereocenters. The van der Waals surface area contributed by atoms with Crippen LogP contribution in [-0.4, -0.2) is 10.9 Å². The molecule has 0 unspecified atom stereocenters. The number of hydrogen-bond donors (Lipinski definition) is 2. The molecule has 1 aromatic rings. The third-order valence-electron chi connectivity index (χ3n) is 1.48. The van der Waals surface area contributed by atoms with Crippen LogP contribution in [0.2, 0.25) is 0 Å². The first-order chi connectivity index (χ1) is 6.43. The molecule has 14 heavy (non-hydrogen) atoms. The van der Waals surface area contributed by atoms with Crippen LogP contribution >= 0.6 is 0 Å². The van der Waals surface area contributed by atoms with E-state index >= 15 is 0 Å². The number of hydrogen-bond acceptors (Lipinski definition) is 3. The van der Waals surface area contributed by atoms with Crippen LogP contribution in [0.1, 0.15) is 22.5 Å². The van der Waals surface area contributed by atoms with Gasteiger partial charge in [0.05, 0.1) is 5.56 Å². The van der Waals surface area contributed by atoms with Crippen molar-refractivity contribution in [3.63, 3.8) is 0 Å². The van der Waals surface area contributed by atoms with Crippen LogP contribution in [0.4, 0.5) is 19.0 Å². The van der Waals surface area contributed by atoms with Crippen molar-refractivity contribution in [3.05, 3.63) is 23.1 Å². The SMILES string of the molecule is NC(=O)c1nc(N)cc(F)c1C(F)F. The number of nitrogens with two attached hydrogens (primary N) is 2. The summed E-state index contributed by atoms with van der Waals surface area (Å²) in [4.78, 5) is 13.9. The minimum atomic E-state index is -3.16. The van der Waals surface area contributed by atoms with Gasteiger partial charge < -0.3 is 11.5 Å².